The van der Waals surface area contributed by atoms with Crippen LogP contribution in [0.25, 0.3) is 0 Å². The number of nitro benzene ring substituents is 1. The van der Waals surface area contributed by atoms with Gasteiger partial charge in [0.05, 0.1) is 16.2 Å². The Hall–Kier alpha value is -6.33. The van der Waals surface area contributed by atoms with E-state index in [4.69, 9.17) is 9.84 Å². The Balaban J connectivity index is 0.000000286. The van der Waals surface area contributed by atoms with Gasteiger partial charge in [0.15, 0.2) is 0 Å². The number of nitrogens with zero attached hydrogens (tertiary/aromatic N) is 1. The molecule has 4 aromatic rings. The lowest BCUT2D eigenvalue weighted by atomic mass is 10.0. The number of carbonyl (C=O) groups is 4. The molecule has 4 aromatic carbocycles. The molecule has 16 nitrogen and oxygen atoms in total. The Bertz CT molecular complexity index is 1820. The number of aliphatic carboxylic acids is 1. The summed E-state index contributed by atoms with van der Waals surface area (Å²) in [4.78, 5) is 55.2. The van der Waals surface area contributed by atoms with Gasteiger partial charge in [-0.25, -0.2) is 13.8 Å². The lowest BCUT2D eigenvalue weighted by Crippen LogP contribution is -2.29. The van der Waals surface area contributed by atoms with Gasteiger partial charge in [-0.15, -0.1) is 0 Å². The van der Waals surface area contributed by atoms with E-state index >= 15 is 0 Å². The number of ether oxygens (including phenoxy) is 1. The van der Waals surface area contributed by atoms with Gasteiger partial charge in [-0.3, -0.25) is 25.0 Å². The number of nitro groups is 1. The molecule has 4 amide bonds. The van der Waals surface area contributed by atoms with Gasteiger partial charge in [-0.2, -0.15) is 0 Å². The molecule has 0 fully saturated rings. The van der Waals surface area contributed by atoms with Crippen molar-refractivity contribution in [2.45, 2.75) is 30.7 Å². The number of anilines is 4. The first-order valence-electron chi connectivity index (χ1n) is 15.4. The van der Waals surface area contributed by atoms with E-state index in [0.717, 1.165) is 12.0 Å². The molecular weight excluding hydrogens is 682 g/mol. The van der Waals surface area contributed by atoms with E-state index in [2.05, 4.69) is 31.3 Å². The molecule has 0 heterocycles. The maximum Gasteiger partial charge on any atom is 0.417 e. The summed E-state index contributed by atoms with van der Waals surface area (Å²) in [5, 5.41) is 32.9. The van der Waals surface area contributed by atoms with Gasteiger partial charge in [-0.05, 0) is 85.8 Å². The van der Waals surface area contributed by atoms with E-state index in [1.807, 2.05) is 13.0 Å². The number of carboxylic acids is 1. The van der Waals surface area contributed by atoms with Crippen molar-refractivity contribution in [3.8, 4) is 5.75 Å². The molecule has 0 saturated heterocycles. The zero-order valence-electron chi connectivity index (χ0n) is 27.6. The molecule has 7 N–H and O–H groups in total. The molecule has 0 bridgehead atoms. The van der Waals surface area contributed by atoms with Gasteiger partial charge in [0.1, 0.15) is 16.7 Å². The summed E-state index contributed by atoms with van der Waals surface area (Å²) in [6.45, 7) is 2.54. The third-order valence-electron chi connectivity index (χ3n) is 6.68. The molecule has 0 aliphatic rings. The number of hydrogen-bond donors (Lipinski definition) is 7. The first kappa shape index (κ1) is 39.1. The molecule has 51 heavy (non-hydrogen) atoms. The second kappa shape index (κ2) is 20.2. The van der Waals surface area contributed by atoms with Crippen molar-refractivity contribution in [1.29, 1.82) is 0 Å². The average Bonchev–Trinajstić information content (AvgIpc) is 3.11. The molecule has 0 aliphatic heterocycles. The quantitative estimate of drug-likeness (QED) is 0.0439. The Kier molecular flexibility index (Phi) is 15.5. The minimum absolute atomic E-state index is 0.0587. The summed E-state index contributed by atoms with van der Waals surface area (Å²) in [6.07, 6.45) is 0.591. The number of urea groups is 1. The van der Waals surface area contributed by atoms with Crippen LogP contribution in [0, 0.1) is 10.1 Å². The molecule has 17 heteroatoms. The van der Waals surface area contributed by atoms with Gasteiger partial charge in [-0.1, -0.05) is 25.1 Å². The van der Waals surface area contributed by atoms with Gasteiger partial charge in [0.2, 0.25) is 6.41 Å². The third kappa shape index (κ3) is 13.6. The van der Waals surface area contributed by atoms with Gasteiger partial charge < -0.3 is 35.8 Å². The highest BCUT2D eigenvalue weighted by Gasteiger charge is 2.15. The number of benzene rings is 4. The van der Waals surface area contributed by atoms with Crippen molar-refractivity contribution >= 4 is 63.9 Å². The highest BCUT2D eigenvalue weighted by atomic mass is 32.2. The summed E-state index contributed by atoms with van der Waals surface area (Å²) < 4.78 is 20.6. The van der Waals surface area contributed by atoms with Gasteiger partial charge in [0.25, 0.3) is 5.69 Å². The predicted octanol–water partition coefficient (Wildman–Crippen LogP) is 5.86. The highest BCUT2D eigenvalue weighted by molar-refractivity contribution is 7.86. The summed E-state index contributed by atoms with van der Waals surface area (Å²) in [5.41, 5.74) is 2.89. The van der Waals surface area contributed by atoms with E-state index in [1.54, 1.807) is 73.8 Å². The number of non-ortho nitro benzene ring substituents is 1. The maximum absolute atomic E-state index is 12.7. The summed E-state index contributed by atoms with van der Waals surface area (Å²) in [5.74, 6) is -0.721. The van der Waals surface area contributed by atoms with E-state index in [0.29, 0.717) is 40.6 Å². The Morgan fingerprint density at radius 3 is 2.20 bits per heavy atom. The van der Waals surface area contributed by atoms with Crippen LogP contribution in [-0.4, -0.2) is 52.3 Å². The highest BCUT2D eigenvalue weighted by Crippen LogP contribution is 2.23. The van der Waals surface area contributed by atoms with Crippen molar-refractivity contribution in [2.75, 3.05) is 34.3 Å². The molecule has 0 saturated carbocycles. The Morgan fingerprint density at radius 2 is 1.57 bits per heavy atom. The second-order valence-corrected chi connectivity index (χ2v) is 11.7. The van der Waals surface area contributed by atoms with Crippen LogP contribution in [-0.2, 0) is 20.6 Å². The minimum atomic E-state index is -1.56. The molecule has 0 aromatic heterocycles. The van der Waals surface area contributed by atoms with Crippen LogP contribution < -0.4 is 36.0 Å². The number of rotatable bonds is 15. The number of carbonyl (C=O) groups excluding carboxylic acids is 3. The molecule has 0 spiro atoms. The molecule has 4 rings (SSSR count). The summed E-state index contributed by atoms with van der Waals surface area (Å²) >= 11 is 0. The van der Waals surface area contributed by atoms with Crippen molar-refractivity contribution < 1.29 is 38.2 Å². The van der Waals surface area contributed by atoms with Crippen molar-refractivity contribution in [3.63, 3.8) is 0 Å². The monoisotopic (exact) mass is 719 g/mol. The van der Waals surface area contributed by atoms with Crippen LogP contribution in [0.2, 0.25) is 0 Å². The number of hydrogen-bond acceptors (Lipinski definition) is 9. The molecular formula is C34H37N7O9S. The maximum atomic E-state index is 12.7. The van der Waals surface area contributed by atoms with Crippen LogP contribution in [0.5, 0.6) is 5.75 Å². The number of nitrogens with one attached hydrogen (secondary N) is 6. The molecule has 0 radical (unpaired) electrons. The van der Waals surface area contributed by atoms with Gasteiger partial charge in [0, 0.05) is 47.5 Å². The molecule has 0 aliphatic carbocycles. The average molecular weight is 720 g/mol. The van der Waals surface area contributed by atoms with E-state index in [9.17, 15) is 33.5 Å². The Morgan fingerprint density at radius 1 is 0.902 bits per heavy atom. The van der Waals surface area contributed by atoms with Crippen LogP contribution in [0.4, 0.5) is 38.0 Å². The zero-order chi connectivity index (χ0) is 37.2. The normalized spacial score (nSPS) is 11.3. The Labute approximate surface area is 295 Å². The third-order valence-corrected chi connectivity index (χ3v) is 7.79. The molecule has 1 unspecified atom stereocenters. The zero-order valence-corrected chi connectivity index (χ0v) is 28.4. The smallest absolute Gasteiger partial charge is 0.417 e. The van der Waals surface area contributed by atoms with Crippen molar-refractivity contribution in [3.05, 3.63) is 113 Å². The lowest BCUT2D eigenvalue weighted by molar-refractivity contribution is -0.384. The van der Waals surface area contributed by atoms with Crippen LogP contribution in [0.1, 0.15) is 31.4 Å². The summed E-state index contributed by atoms with van der Waals surface area (Å²) in [7, 11) is 0.138. The molecule has 268 valence electrons. The van der Waals surface area contributed by atoms with Crippen molar-refractivity contribution in [1.82, 2.24) is 10.6 Å². The fourth-order valence-corrected chi connectivity index (χ4v) is 5.15. The molecule has 2 atom stereocenters. The van der Waals surface area contributed by atoms with Crippen molar-refractivity contribution in [2.24, 2.45) is 0 Å². The topological polar surface area (TPSA) is 230 Å². The van der Waals surface area contributed by atoms with E-state index in [-0.39, 0.29) is 29.9 Å². The summed E-state index contributed by atoms with van der Waals surface area (Å²) in [6, 6.07) is 24.7. The van der Waals surface area contributed by atoms with E-state index in [1.165, 1.54) is 24.3 Å². The number of carboxylic acid groups (broad SMARTS) is 1. The predicted molar refractivity (Wildman–Crippen MR) is 193 cm³/mol. The number of amides is 4. The van der Waals surface area contributed by atoms with Crippen LogP contribution in [0.3, 0.4) is 0 Å². The standard InChI is InChI=1S/C20H26N4O4S.C14H11N3O5/c1-3-10-22-20(27)23-15-7-5-9-17(12-15)29(28)24-16-8-4-6-14(11-16)18(21-2)13-19(25)26;18-9-15-10-1-3-11(4-2-10)16-14(19)22-13-7-5-12(6-8-13)17(20)21/h4-9,11-12,18,21,24H,3,10,13H2,1-2H3,(H,25,26)(H2,22,23,27);1-9H,(H,15,18)(H,16,19)/t18-,29?;/m0./s1. The second-order valence-electron chi connectivity index (χ2n) is 10.4. The van der Waals surface area contributed by atoms with Gasteiger partial charge >= 0.3 is 18.1 Å². The first-order valence-corrected chi connectivity index (χ1v) is 16.5. The fourth-order valence-electron chi connectivity index (χ4n) is 4.25. The first-order chi connectivity index (χ1) is 24.5. The van der Waals surface area contributed by atoms with Crippen LogP contribution in [0.15, 0.2) is 102 Å². The largest absolute Gasteiger partial charge is 0.481 e. The lowest BCUT2D eigenvalue weighted by Gasteiger charge is -2.16. The fraction of sp³-hybridized carbons (Fsp3) is 0.176. The minimum Gasteiger partial charge on any atom is -0.481 e. The SMILES string of the molecule is CCCNC(=O)Nc1cccc(S(=O)Nc2cccc([C@H](CC(=O)O)NC)c2)c1.O=CNc1ccc(NC(=O)Oc2ccc([N+](=O)[O-])cc2)cc1. The van der Waals surface area contributed by atoms with E-state index < -0.39 is 28.0 Å². The van der Waals surface area contributed by atoms with Crippen LogP contribution >= 0.6 is 0 Å².